The molecule has 0 aromatic carbocycles. The van der Waals surface area contributed by atoms with Gasteiger partial charge in [-0.1, -0.05) is 19.3 Å². The Morgan fingerprint density at radius 1 is 1.18 bits per heavy atom. The number of methoxy groups -OCH3 is 1. The molecule has 0 radical (unpaired) electrons. The van der Waals surface area contributed by atoms with Gasteiger partial charge in [0.25, 0.3) is 0 Å². The van der Waals surface area contributed by atoms with Crippen LogP contribution in [0.2, 0.25) is 0 Å². The van der Waals surface area contributed by atoms with Gasteiger partial charge in [-0.05, 0) is 36.5 Å². The highest BCUT2D eigenvalue weighted by molar-refractivity contribution is 4.96. The molecule has 3 nitrogen and oxygen atoms in total. The summed E-state index contributed by atoms with van der Waals surface area (Å²) in [7, 11) is 1.74. The number of rotatable bonds is 2. The Bertz CT molecular complexity index is 268. The van der Waals surface area contributed by atoms with Crippen LogP contribution in [0.3, 0.4) is 0 Å². The van der Waals surface area contributed by atoms with Crippen LogP contribution in [0.25, 0.3) is 0 Å². The maximum Gasteiger partial charge on any atom is 0.160 e. The number of fused-ring (bicyclic) bond motifs is 2. The van der Waals surface area contributed by atoms with Gasteiger partial charge in [0.05, 0.1) is 6.61 Å². The Labute approximate surface area is 103 Å². The second-order valence-electron chi connectivity index (χ2n) is 6.06. The molecule has 98 valence electrons. The lowest BCUT2D eigenvalue weighted by molar-refractivity contribution is -0.120. The van der Waals surface area contributed by atoms with Gasteiger partial charge in [-0.3, -0.25) is 0 Å². The smallest absolute Gasteiger partial charge is 0.160 e. The van der Waals surface area contributed by atoms with Crippen molar-refractivity contribution in [1.82, 2.24) is 0 Å². The topological polar surface area (TPSA) is 38.7 Å². The van der Waals surface area contributed by atoms with E-state index in [1.165, 1.54) is 32.1 Å². The van der Waals surface area contributed by atoms with Gasteiger partial charge in [0.15, 0.2) is 6.29 Å². The van der Waals surface area contributed by atoms with Gasteiger partial charge in [-0.2, -0.15) is 0 Å². The molecule has 3 fully saturated rings. The minimum Gasteiger partial charge on any atom is -0.396 e. The molecule has 0 amide bonds. The second-order valence-corrected chi connectivity index (χ2v) is 6.06. The zero-order valence-electron chi connectivity index (χ0n) is 10.7. The summed E-state index contributed by atoms with van der Waals surface area (Å²) < 4.78 is 11.2. The van der Waals surface area contributed by atoms with Crippen LogP contribution in [0.4, 0.5) is 0 Å². The number of aliphatic hydroxyl groups excluding tert-OH is 1. The summed E-state index contributed by atoms with van der Waals surface area (Å²) in [5.41, 5.74) is 0. The highest BCUT2D eigenvalue weighted by Crippen LogP contribution is 2.52. The molecular formula is C14H24O3. The monoisotopic (exact) mass is 240 g/mol. The largest absolute Gasteiger partial charge is 0.396 e. The summed E-state index contributed by atoms with van der Waals surface area (Å²) in [6.45, 7) is 1.12. The highest BCUT2D eigenvalue weighted by Gasteiger charge is 2.50. The van der Waals surface area contributed by atoms with Gasteiger partial charge in [0.1, 0.15) is 0 Å². The van der Waals surface area contributed by atoms with Crippen molar-refractivity contribution in [2.24, 2.45) is 29.6 Å². The van der Waals surface area contributed by atoms with Crippen molar-refractivity contribution in [2.75, 3.05) is 20.3 Å². The molecule has 0 bridgehead atoms. The lowest BCUT2D eigenvalue weighted by atomic mass is 9.58. The van der Waals surface area contributed by atoms with Crippen LogP contribution in [-0.4, -0.2) is 31.7 Å². The minimum atomic E-state index is -0.0167. The molecular weight excluding hydrogens is 216 g/mol. The SMILES string of the molecule is CO[C@H]1OC[C@@H]2[C@@H](CO)[C@H]3CCCC[C@@H]3C[C@H]12. The summed E-state index contributed by atoms with van der Waals surface area (Å²) >= 11 is 0. The molecule has 0 spiro atoms. The number of hydrogen-bond acceptors (Lipinski definition) is 3. The van der Waals surface area contributed by atoms with Crippen molar-refractivity contribution < 1.29 is 14.6 Å². The molecule has 3 heteroatoms. The van der Waals surface area contributed by atoms with Crippen LogP contribution in [0.1, 0.15) is 32.1 Å². The van der Waals surface area contributed by atoms with Crippen LogP contribution in [-0.2, 0) is 9.47 Å². The van der Waals surface area contributed by atoms with Gasteiger partial charge in [0.2, 0.25) is 0 Å². The van der Waals surface area contributed by atoms with Crippen molar-refractivity contribution >= 4 is 0 Å². The third kappa shape index (κ3) is 1.92. The van der Waals surface area contributed by atoms with E-state index in [4.69, 9.17) is 9.47 Å². The predicted molar refractivity (Wildman–Crippen MR) is 64.4 cm³/mol. The average Bonchev–Trinajstić information content (AvgIpc) is 2.78. The van der Waals surface area contributed by atoms with Crippen LogP contribution in [0.15, 0.2) is 0 Å². The molecule has 1 N–H and O–H groups in total. The lowest BCUT2D eigenvalue weighted by Gasteiger charge is -2.46. The predicted octanol–water partition coefficient (Wildman–Crippen LogP) is 2.04. The first kappa shape index (κ1) is 11.9. The summed E-state index contributed by atoms with van der Waals surface area (Å²) in [5.74, 6) is 3.07. The van der Waals surface area contributed by atoms with E-state index in [2.05, 4.69) is 0 Å². The molecule has 2 aliphatic carbocycles. The molecule has 1 saturated heterocycles. The molecule has 0 unspecified atom stereocenters. The second kappa shape index (κ2) is 4.87. The zero-order chi connectivity index (χ0) is 11.8. The van der Waals surface area contributed by atoms with E-state index in [-0.39, 0.29) is 6.29 Å². The van der Waals surface area contributed by atoms with Crippen LogP contribution >= 0.6 is 0 Å². The lowest BCUT2D eigenvalue weighted by Crippen LogP contribution is -2.44. The Balaban J connectivity index is 1.80. The van der Waals surface area contributed by atoms with Gasteiger partial charge < -0.3 is 14.6 Å². The molecule has 6 atom stereocenters. The zero-order valence-corrected chi connectivity index (χ0v) is 10.7. The first-order valence-corrected chi connectivity index (χ1v) is 7.10. The summed E-state index contributed by atoms with van der Waals surface area (Å²) in [6.07, 6.45) is 6.62. The van der Waals surface area contributed by atoms with Crippen LogP contribution in [0, 0.1) is 29.6 Å². The van der Waals surface area contributed by atoms with Gasteiger partial charge in [0, 0.05) is 19.6 Å². The van der Waals surface area contributed by atoms with E-state index in [1.54, 1.807) is 7.11 Å². The van der Waals surface area contributed by atoms with E-state index in [9.17, 15) is 5.11 Å². The third-order valence-corrected chi connectivity index (χ3v) is 5.44. The van der Waals surface area contributed by atoms with Crippen LogP contribution in [0.5, 0.6) is 0 Å². The first-order valence-electron chi connectivity index (χ1n) is 7.10. The van der Waals surface area contributed by atoms with Crippen LogP contribution < -0.4 is 0 Å². The van der Waals surface area contributed by atoms with Crippen molar-refractivity contribution in [3.63, 3.8) is 0 Å². The van der Waals surface area contributed by atoms with Gasteiger partial charge in [-0.15, -0.1) is 0 Å². The minimum absolute atomic E-state index is 0.0167. The van der Waals surface area contributed by atoms with Gasteiger partial charge >= 0.3 is 0 Å². The molecule has 0 aromatic heterocycles. The Morgan fingerprint density at radius 3 is 2.76 bits per heavy atom. The molecule has 3 aliphatic rings. The third-order valence-electron chi connectivity index (χ3n) is 5.44. The molecule has 1 heterocycles. The Morgan fingerprint density at radius 2 is 2.00 bits per heavy atom. The fraction of sp³-hybridized carbons (Fsp3) is 1.00. The first-order chi connectivity index (χ1) is 8.35. The molecule has 17 heavy (non-hydrogen) atoms. The molecule has 2 saturated carbocycles. The standard InChI is InChI=1S/C14H24O3/c1-16-14-11-6-9-4-2-3-5-10(9)12(7-15)13(11)8-17-14/h9-15H,2-8H2,1H3/t9-,10+,11+,12+,13+,14+/m1/s1. The average molecular weight is 240 g/mol. The quantitative estimate of drug-likeness (QED) is 0.802. The van der Waals surface area contributed by atoms with E-state index in [0.717, 1.165) is 18.4 Å². The normalized spacial score (nSPS) is 49.8. The molecule has 1 aliphatic heterocycles. The summed E-state index contributed by atoms with van der Waals surface area (Å²) in [6, 6.07) is 0. The van der Waals surface area contributed by atoms with E-state index in [0.29, 0.717) is 24.4 Å². The number of ether oxygens (including phenoxy) is 2. The Kier molecular flexibility index (Phi) is 3.42. The van der Waals surface area contributed by atoms with E-state index in [1.807, 2.05) is 0 Å². The van der Waals surface area contributed by atoms with Crippen molar-refractivity contribution in [3.05, 3.63) is 0 Å². The summed E-state index contributed by atoms with van der Waals surface area (Å²) in [5, 5.41) is 9.74. The molecule has 0 aromatic rings. The highest BCUT2D eigenvalue weighted by atomic mass is 16.7. The van der Waals surface area contributed by atoms with Crippen molar-refractivity contribution in [1.29, 1.82) is 0 Å². The van der Waals surface area contributed by atoms with E-state index < -0.39 is 0 Å². The maximum absolute atomic E-state index is 9.74. The van der Waals surface area contributed by atoms with Crippen molar-refractivity contribution in [2.45, 2.75) is 38.4 Å². The Hall–Kier alpha value is -0.120. The van der Waals surface area contributed by atoms with Gasteiger partial charge in [-0.25, -0.2) is 0 Å². The molecule has 3 rings (SSSR count). The maximum atomic E-state index is 9.74. The number of hydrogen-bond donors (Lipinski definition) is 1. The number of aliphatic hydroxyl groups is 1. The fourth-order valence-corrected chi connectivity index (χ4v) is 4.66. The van der Waals surface area contributed by atoms with E-state index >= 15 is 0 Å². The van der Waals surface area contributed by atoms with Crippen molar-refractivity contribution in [3.8, 4) is 0 Å². The summed E-state index contributed by atoms with van der Waals surface area (Å²) in [4.78, 5) is 0. The fourth-order valence-electron chi connectivity index (χ4n) is 4.66.